The van der Waals surface area contributed by atoms with Gasteiger partial charge in [0.2, 0.25) is 10.0 Å². The number of aryl methyl sites for hydroxylation is 2. The maximum atomic E-state index is 12.9. The van der Waals surface area contributed by atoms with E-state index in [1.807, 2.05) is 26.0 Å². The number of rotatable bonds is 5. The van der Waals surface area contributed by atoms with E-state index in [-0.39, 0.29) is 18.0 Å². The van der Waals surface area contributed by atoms with Gasteiger partial charge in [-0.1, -0.05) is 29.3 Å². The van der Waals surface area contributed by atoms with Gasteiger partial charge in [-0.15, -0.1) is 0 Å². The Kier molecular flexibility index (Phi) is 6.81. The van der Waals surface area contributed by atoms with E-state index in [0.29, 0.717) is 41.6 Å². The van der Waals surface area contributed by atoms with Crippen molar-refractivity contribution in [2.24, 2.45) is 0 Å². The molecule has 0 saturated carbocycles. The standard InChI is InChI=1S/C21H25Cl2NO4S/c1-15-11-18(12-16(2)20(15)23)28-14-21(25)7-4-9-24(10-8-21)29(26,27)19-6-3-5-17(22)13-19/h3,5-6,11-13,25H,4,7-10,14H2,1-2H3. The lowest BCUT2D eigenvalue weighted by Gasteiger charge is -2.27. The molecule has 1 heterocycles. The number of halogens is 2. The minimum atomic E-state index is -3.66. The molecule has 1 fully saturated rings. The summed E-state index contributed by atoms with van der Waals surface area (Å²) in [6, 6.07) is 9.91. The number of aliphatic hydroxyl groups is 1. The van der Waals surface area contributed by atoms with E-state index >= 15 is 0 Å². The number of benzene rings is 2. The Balaban J connectivity index is 1.68. The minimum Gasteiger partial charge on any atom is -0.491 e. The summed E-state index contributed by atoms with van der Waals surface area (Å²) in [6.45, 7) is 4.46. The molecule has 1 atom stereocenters. The van der Waals surface area contributed by atoms with Crippen LogP contribution in [0, 0.1) is 13.8 Å². The minimum absolute atomic E-state index is 0.0958. The van der Waals surface area contributed by atoms with Gasteiger partial charge < -0.3 is 9.84 Å². The van der Waals surface area contributed by atoms with E-state index in [1.165, 1.54) is 16.4 Å². The highest BCUT2D eigenvalue weighted by molar-refractivity contribution is 7.89. The third-order valence-corrected chi connectivity index (χ3v) is 7.95. The Morgan fingerprint density at radius 3 is 2.45 bits per heavy atom. The highest BCUT2D eigenvalue weighted by Crippen LogP contribution is 2.30. The Hall–Kier alpha value is -1.31. The van der Waals surface area contributed by atoms with Gasteiger partial charge in [0.25, 0.3) is 0 Å². The zero-order valence-corrected chi connectivity index (χ0v) is 18.8. The van der Waals surface area contributed by atoms with Crippen LogP contribution in [-0.4, -0.2) is 43.1 Å². The first-order chi connectivity index (χ1) is 13.6. The lowest BCUT2D eigenvalue weighted by Crippen LogP contribution is -2.38. The van der Waals surface area contributed by atoms with E-state index < -0.39 is 15.6 Å². The summed E-state index contributed by atoms with van der Waals surface area (Å²) in [5.41, 5.74) is 0.724. The van der Waals surface area contributed by atoms with E-state index in [2.05, 4.69) is 0 Å². The van der Waals surface area contributed by atoms with Crippen LogP contribution >= 0.6 is 23.2 Å². The molecule has 1 unspecified atom stereocenters. The lowest BCUT2D eigenvalue weighted by atomic mass is 9.96. The van der Waals surface area contributed by atoms with Crippen molar-refractivity contribution < 1.29 is 18.3 Å². The molecule has 5 nitrogen and oxygen atoms in total. The molecule has 0 spiro atoms. The molecule has 2 aromatic carbocycles. The first-order valence-electron chi connectivity index (χ1n) is 9.48. The van der Waals surface area contributed by atoms with E-state index in [0.717, 1.165) is 11.1 Å². The summed E-state index contributed by atoms with van der Waals surface area (Å²) in [5.74, 6) is 0.644. The van der Waals surface area contributed by atoms with Gasteiger partial charge in [0.15, 0.2) is 0 Å². The molecular weight excluding hydrogens is 433 g/mol. The summed E-state index contributed by atoms with van der Waals surface area (Å²) in [7, 11) is -3.66. The molecule has 0 amide bonds. The van der Waals surface area contributed by atoms with Crippen LogP contribution in [-0.2, 0) is 10.0 Å². The monoisotopic (exact) mass is 457 g/mol. The Morgan fingerprint density at radius 2 is 1.79 bits per heavy atom. The van der Waals surface area contributed by atoms with Crippen LogP contribution in [0.2, 0.25) is 10.0 Å². The topological polar surface area (TPSA) is 66.8 Å². The van der Waals surface area contributed by atoms with Crippen LogP contribution in [0.4, 0.5) is 0 Å². The van der Waals surface area contributed by atoms with Crippen LogP contribution in [0.15, 0.2) is 41.3 Å². The molecule has 0 radical (unpaired) electrons. The third-order valence-electron chi connectivity index (χ3n) is 5.23. The first-order valence-corrected chi connectivity index (χ1v) is 11.7. The van der Waals surface area contributed by atoms with Crippen molar-refractivity contribution in [3.05, 3.63) is 57.6 Å². The molecule has 1 N–H and O–H groups in total. The van der Waals surface area contributed by atoms with Crippen molar-refractivity contribution >= 4 is 33.2 Å². The SMILES string of the molecule is Cc1cc(OCC2(O)CCCN(S(=O)(=O)c3cccc(Cl)c3)CC2)cc(C)c1Cl. The first kappa shape index (κ1) is 22.4. The summed E-state index contributed by atoms with van der Waals surface area (Å²) >= 11 is 12.1. The van der Waals surface area contributed by atoms with Gasteiger partial charge in [-0.25, -0.2) is 8.42 Å². The summed E-state index contributed by atoms with van der Waals surface area (Å²) in [5, 5.41) is 12.1. The summed E-state index contributed by atoms with van der Waals surface area (Å²) in [4.78, 5) is 0.166. The molecule has 0 aliphatic carbocycles. The van der Waals surface area contributed by atoms with E-state index in [1.54, 1.807) is 12.1 Å². The molecule has 1 aliphatic heterocycles. The third kappa shape index (κ3) is 5.25. The molecule has 0 aromatic heterocycles. The van der Waals surface area contributed by atoms with Crippen molar-refractivity contribution in [1.29, 1.82) is 0 Å². The normalized spacial score (nSPS) is 21.0. The van der Waals surface area contributed by atoms with Crippen molar-refractivity contribution in [2.45, 2.75) is 43.6 Å². The number of hydrogen-bond donors (Lipinski definition) is 1. The Morgan fingerprint density at radius 1 is 1.10 bits per heavy atom. The molecule has 29 heavy (non-hydrogen) atoms. The van der Waals surface area contributed by atoms with Crippen LogP contribution in [0.1, 0.15) is 30.4 Å². The van der Waals surface area contributed by atoms with Gasteiger partial charge in [-0.05, 0) is 74.6 Å². The maximum absolute atomic E-state index is 12.9. The van der Waals surface area contributed by atoms with Crippen LogP contribution in [0.3, 0.4) is 0 Å². The van der Waals surface area contributed by atoms with Gasteiger partial charge in [0.1, 0.15) is 12.4 Å². The largest absolute Gasteiger partial charge is 0.491 e. The fraction of sp³-hybridized carbons (Fsp3) is 0.429. The lowest BCUT2D eigenvalue weighted by molar-refractivity contribution is -0.0156. The van der Waals surface area contributed by atoms with Gasteiger partial charge in [-0.2, -0.15) is 4.31 Å². The number of ether oxygens (including phenoxy) is 1. The molecule has 1 aliphatic rings. The Labute approximate surface area is 182 Å². The zero-order chi connectivity index (χ0) is 21.2. The molecule has 0 bridgehead atoms. The molecular formula is C21H25Cl2NO4S. The van der Waals surface area contributed by atoms with Gasteiger partial charge >= 0.3 is 0 Å². The van der Waals surface area contributed by atoms with Crippen LogP contribution < -0.4 is 4.74 Å². The molecule has 1 saturated heterocycles. The second-order valence-electron chi connectivity index (χ2n) is 7.60. The summed E-state index contributed by atoms with van der Waals surface area (Å²) in [6.07, 6.45) is 1.29. The van der Waals surface area contributed by atoms with E-state index in [4.69, 9.17) is 27.9 Å². The average molecular weight is 458 g/mol. The van der Waals surface area contributed by atoms with Gasteiger partial charge in [0, 0.05) is 23.1 Å². The van der Waals surface area contributed by atoms with Crippen molar-refractivity contribution in [3.8, 4) is 5.75 Å². The van der Waals surface area contributed by atoms with Crippen LogP contribution in [0.25, 0.3) is 0 Å². The quantitative estimate of drug-likeness (QED) is 0.712. The highest BCUT2D eigenvalue weighted by Gasteiger charge is 2.35. The zero-order valence-electron chi connectivity index (χ0n) is 16.5. The predicted octanol–water partition coefficient (Wildman–Crippen LogP) is 4.59. The maximum Gasteiger partial charge on any atom is 0.243 e. The molecule has 8 heteroatoms. The molecule has 3 rings (SSSR count). The number of hydrogen-bond acceptors (Lipinski definition) is 4. The van der Waals surface area contributed by atoms with Crippen LogP contribution in [0.5, 0.6) is 5.75 Å². The van der Waals surface area contributed by atoms with Gasteiger partial charge in [-0.3, -0.25) is 0 Å². The predicted molar refractivity (Wildman–Crippen MR) is 115 cm³/mol. The highest BCUT2D eigenvalue weighted by atomic mass is 35.5. The Bertz CT molecular complexity index is 973. The average Bonchev–Trinajstić information content (AvgIpc) is 2.87. The fourth-order valence-corrected chi connectivity index (χ4v) is 5.41. The fourth-order valence-electron chi connectivity index (χ4n) is 3.52. The molecule has 2 aromatic rings. The van der Waals surface area contributed by atoms with E-state index in [9.17, 15) is 13.5 Å². The van der Waals surface area contributed by atoms with Gasteiger partial charge in [0.05, 0.1) is 10.5 Å². The number of sulfonamides is 1. The molecule has 158 valence electrons. The van der Waals surface area contributed by atoms with Crippen molar-refractivity contribution in [1.82, 2.24) is 4.31 Å². The summed E-state index contributed by atoms with van der Waals surface area (Å²) < 4.78 is 33.1. The second-order valence-corrected chi connectivity index (χ2v) is 10.4. The smallest absolute Gasteiger partial charge is 0.243 e. The second kappa shape index (κ2) is 8.82. The van der Waals surface area contributed by atoms with Crippen molar-refractivity contribution in [3.63, 3.8) is 0 Å². The number of nitrogens with zero attached hydrogens (tertiary/aromatic N) is 1. The van der Waals surface area contributed by atoms with Crippen molar-refractivity contribution in [2.75, 3.05) is 19.7 Å².